The van der Waals surface area contributed by atoms with Crippen LogP contribution < -0.4 is 14.3 Å². The summed E-state index contributed by atoms with van der Waals surface area (Å²) >= 11 is 1.24. The fourth-order valence-electron chi connectivity index (χ4n) is 2.51. The van der Waals surface area contributed by atoms with E-state index in [1.165, 1.54) is 30.7 Å². The van der Waals surface area contributed by atoms with E-state index in [4.69, 9.17) is 18.7 Å². The van der Waals surface area contributed by atoms with Gasteiger partial charge >= 0.3 is 11.9 Å². The number of amides is 1. The molecule has 1 amide bonds. The average molecular weight is 375 g/mol. The zero-order valence-corrected chi connectivity index (χ0v) is 14.4. The highest BCUT2D eigenvalue weighted by Crippen LogP contribution is 2.35. The SMILES string of the molecule is COC(=O)Cn1c(=NC(=O)c2ccno2)sc2cc3c(cc21)OCCO3. The van der Waals surface area contributed by atoms with Crippen molar-refractivity contribution in [2.45, 2.75) is 6.54 Å². The van der Waals surface area contributed by atoms with Gasteiger partial charge in [0.15, 0.2) is 16.3 Å². The van der Waals surface area contributed by atoms with E-state index < -0.39 is 11.9 Å². The van der Waals surface area contributed by atoms with Crippen LogP contribution in [0.1, 0.15) is 10.6 Å². The number of nitrogens with zero attached hydrogens (tertiary/aromatic N) is 3. The first-order valence-electron chi connectivity index (χ1n) is 7.65. The molecule has 0 radical (unpaired) electrons. The molecule has 1 aliphatic heterocycles. The Balaban J connectivity index is 1.88. The molecule has 9 nitrogen and oxygen atoms in total. The number of carbonyl (C=O) groups is 2. The molecule has 0 N–H and O–H groups in total. The maximum atomic E-state index is 12.2. The number of fused-ring (bicyclic) bond motifs is 2. The van der Waals surface area contributed by atoms with Crippen LogP contribution in [0, 0.1) is 0 Å². The van der Waals surface area contributed by atoms with Crippen LogP contribution in [-0.2, 0) is 16.1 Å². The third kappa shape index (κ3) is 2.94. The number of hydrogen-bond acceptors (Lipinski definition) is 8. The Kier molecular flexibility index (Phi) is 4.17. The summed E-state index contributed by atoms with van der Waals surface area (Å²) in [5.74, 6) is 0.146. The van der Waals surface area contributed by atoms with Gasteiger partial charge in [-0.1, -0.05) is 16.5 Å². The molecule has 0 aliphatic carbocycles. The van der Waals surface area contributed by atoms with E-state index in [2.05, 4.69) is 10.1 Å². The van der Waals surface area contributed by atoms with Crippen LogP contribution >= 0.6 is 11.3 Å². The standard InChI is InChI=1S/C16H13N3O6S/c1-22-14(20)8-19-9-6-11-12(24-5-4-23-11)7-13(9)26-16(19)18-15(21)10-2-3-17-25-10/h2-3,6-7H,4-5,8H2,1H3. The minimum Gasteiger partial charge on any atom is -0.486 e. The number of carbonyl (C=O) groups excluding carboxylic acids is 2. The molecule has 1 aliphatic rings. The third-order valence-electron chi connectivity index (χ3n) is 3.71. The first kappa shape index (κ1) is 16.3. The Hall–Kier alpha value is -3.14. The molecule has 3 aromatic rings. The molecule has 0 spiro atoms. The maximum absolute atomic E-state index is 12.2. The number of benzene rings is 1. The monoisotopic (exact) mass is 375 g/mol. The van der Waals surface area contributed by atoms with Gasteiger partial charge in [0, 0.05) is 18.2 Å². The first-order valence-corrected chi connectivity index (χ1v) is 8.47. The van der Waals surface area contributed by atoms with E-state index in [1.807, 2.05) is 0 Å². The summed E-state index contributed by atoms with van der Waals surface area (Å²) in [7, 11) is 1.30. The second kappa shape index (κ2) is 6.64. The third-order valence-corrected chi connectivity index (χ3v) is 4.75. The molecule has 2 aromatic heterocycles. The van der Waals surface area contributed by atoms with E-state index in [0.29, 0.717) is 35.0 Å². The second-order valence-corrected chi connectivity index (χ2v) is 6.31. The van der Waals surface area contributed by atoms with Gasteiger partial charge in [-0.3, -0.25) is 9.59 Å². The van der Waals surface area contributed by atoms with E-state index in [9.17, 15) is 9.59 Å². The topological polar surface area (TPSA) is 105 Å². The van der Waals surface area contributed by atoms with Crippen molar-refractivity contribution in [3.63, 3.8) is 0 Å². The summed E-state index contributed by atoms with van der Waals surface area (Å²) in [4.78, 5) is 28.5. The van der Waals surface area contributed by atoms with Crippen LogP contribution in [0.2, 0.25) is 0 Å². The number of hydrogen-bond donors (Lipinski definition) is 0. The molecule has 134 valence electrons. The van der Waals surface area contributed by atoms with E-state index in [1.54, 1.807) is 16.7 Å². The smallest absolute Gasteiger partial charge is 0.325 e. The first-order chi connectivity index (χ1) is 12.7. The minimum absolute atomic E-state index is 0.0121. The zero-order valence-electron chi connectivity index (χ0n) is 13.6. The largest absolute Gasteiger partial charge is 0.486 e. The Morgan fingerprint density at radius 1 is 1.31 bits per heavy atom. The Labute approximate surface area is 150 Å². The van der Waals surface area contributed by atoms with Gasteiger partial charge in [0.25, 0.3) is 0 Å². The van der Waals surface area contributed by atoms with E-state index >= 15 is 0 Å². The van der Waals surface area contributed by atoms with Gasteiger partial charge in [0.05, 0.1) is 23.5 Å². The van der Waals surface area contributed by atoms with Gasteiger partial charge in [-0.15, -0.1) is 0 Å². The lowest BCUT2D eigenvalue weighted by Gasteiger charge is -2.18. The number of aromatic nitrogens is 2. The molecular weight excluding hydrogens is 362 g/mol. The van der Waals surface area contributed by atoms with E-state index in [-0.39, 0.29) is 12.3 Å². The lowest BCUT2D eigenvalue weighted by Crippen LogP contribution is -2.22. The van der Waals surface area contributed by atoms with Crippen molar-refractivity contribution < 1.29 is 28.3 Å². The Morgan fingerprint density at radius 3 is 2.77 bits per heavy atom. The number of thiazole rings is 1. The normalized spacial score (nSPS) is 13.8. The van der Waals surface area contributed by atoms with Crippen LogP contribution in [0.25, 0.3) is 10.2 Å². The van der Waals surface area contributed by atoms with Crippen molar-refractivity contribution in [2.75, 3.05) is 20.3 Å². The van der Waals surface area contributed by atoms with Gasteiger partial charge < -0.3 is 23.3 Å². The molecular formula is C16H13N3O6S. The highest BCUT2D eigenvalue weighted by molar-refractivity contribution is 7.16. The highest BCUT2D eigenvalue weighted by atomic mass is 32.1. The molecule has 0 saturated carbocycles. The van der Waals surface area contributed by atoms with Crippen molar-refractivity contribution in [3.8, 4) is 11.5 Å². The van der Waals surface area contributed by atoms with Gasteiger partial charge in [0.1, 0.15) is 19.8 Å². The predicted molar refractivity (Wildman–Crippen MR) is 89.2 cm³/mol. The van der Waals surface area contributed by atoms with Crippen molar-refractivity contribution in [3.05, 3.63) is 35.0 Å². The summed E-state index contributed by atoms with van der Waals surface area (Å²) in [6.07, 6.45) is 1.36. The minimum atomic E-state index is -0.593. The summed E-state index contributed by atoms with van der Waals surface area (Å²) < 4.78 is 23.2. The molecule has 4 rings (SSSR count). The summed E-state index contributed by atoms with van der Waals surface area (Å²) in [6.45, 7) is 0.812. The number of ether oxygens (including phenoxy) is 3. The zero-order chi connectivity index (χ0) is 18.1. The van der Waals surface area contributed by atoms with Gasteiger partial charge in [0.2, 0.25) is 5.76 Å². The molecule has 0 fully saturated rings. The molecule has 0 saturated heterocycles. The fourth-order valence-corrected chi connectivity index (χ4v) is 3.54. The van der Waals surface area contributed by atoms with Crippen molar-refractivity contribution in [1.29, 1.82) is 0 Å². The van der Waals surface area contributed by atoms with Crippen LogP contribution in [0.15, 0.2) is 33.9 Å². The Morgan fingerprint density at radius 2 is 2.08 bits per heavy atom. The summed E-state index contributed by atoms with van der Waals surface area (Å²) in [5, 5.41) is 3.50. The predicted octanol–water partition coefficient (Wildman–Crippen LogP) is 1.38. The second-order valence-electron chi connectivity index (χ2n) is 5.30. The van der Waals surface area contributed by atoms with Gasteiger partial charge in [-0.25, -0.2) is 0 Å². The van der Waals surface area contributed by atoms with Crippen LogP contribution in [-0.4, -0.2) is 41.9 Å². The summed E-state index contributed by atoms with van der Waals surface area (Å²) in [6, 6.07) is 4.99. The molecule has 0 unspecified atom stereocenters. The van der Waals surface area contributed by atoms with Crippen molar-refractivity contribution in [1.82, 2.24) is 9.72 Å². The molecule has 1 aromatic carbocycles. The van der Waals surface area contributed by atoms with Crippen molar-refractivity contribution in [2.24, 2.45) is 4.99 Å². The van der Waals surface area contributed by atoms with Crippen molar-refractivity contribution >= 4 is 33.4 Å². The van der Waals surface area contributed by atoms with Gasteiger partial charge in [-0.2, -0.15) is 4.99 Å². The number of rotatable bonds is 3. The molecule has 0 atom stereocenters. The molecule has 0 bridgehead atoms. The van der Waals surface area contributed by atoms with Crippen LogP contribution in [0.3, 0.4) is 0 Å². The maximum Gasteiger partial charge on any atom is 0.325 e. The highest BCUT2D eigenvalue weighted by Gasteiger charge is 2.19. The average Bonchev–Trinajstić information content (AvgIpc) is 3.29. The molecule has 26 heavy (non-hydrogen) atoms. The quantitative estimate of drug-likeness (QED) is 0.637. The lowest BCUT2D eigenvalue weighted by atomic mass is 10.2. The lowest BCUT2D eigenvalue weighted by molar-refractivity contribution is -0.141. The fraction of sp³-hybridized carbons (Fsp3) is 0.250. The number of esters is 1. The van der Waals surface area contributed by atoms with Gasteiger partial charge in [-0.05, 0) is 0 Å². The van der Waals surface area contributed by atoms with Crippen LogP contribution in [0.5, 0.6) is 11.5 Å². The Bertz CT molecular complexity index is 1050. The number of methoxy groups -OCH3 is 1. The van der Waals surface area contributed by atoms with E-state index in [0.717, 1.165) is 4.70 Å². The molecule has 3 heterocycles. The van der Waals surface area contributed by atoms with Crippen LogP contribution in [0.4, 0.5) is 0 Å². The summed E-state index contributed by atoms with van der Waals surface area (Å²) in [5.41, 5.74) is 0.689. The molecule has 10 heteroatoms.